The van der Waals surface area contributed by atoms with Gasteiger partial charge in [0.25, 0.3) is 0 Å². The molecule has 2 nitrogen and oxygen atoms in total. The van der Waals surface area contributed by atoms with Crippen LogP contribution in [0, 0.1) is 3.57 Å². The first-order valence-electron chi connectivity index (χ1n) is 3.90. The fourth-order valence-electron chi connectivity index (χ4n) is 1.23. The molecule has 0 aliphatic rings. The van der Waals surface area contributed by atoms with Crippen molar-refractivity contribution in [3.63, 3.8) is 0 Å². The van der Waals surface area contributed by atoms with E-state index in [4.69, 9.17) is 4.74 Å². The number of pyridine rings is 1. The predicted octanol–water partition coefficient (Wildman–Crippen LogP) is 2.85. The average molecular weight is 285 g/mol. The van der Waals surface area contributed by atoms with Gasteiger partial charge in [0.2, 0.25) is 0 Å². The van der Waals surface area contributed by atoms with E-state index in [1.165, 1.54) is 0 Å². The highest BCUT2D eigenvalue weighted by Gasteiger charge is 2.04. The second-order valence-electron chi connectivity index (χ2n) is 2.66. The molecule has 66 valence electrons. The standard InChI is InChI=1S/C10H8INO/c1-13-9-6-12-8-5-3-2-4-7(8)10(9)11/h2-6H,1H3. The second-order valence-corrected chi connectivity index (χ2v) is 3.74. The van der Waals surface area contributed by atoms with Crippen LogP contribution < -0.4 is 4.74 Å². The minimum atomic E-state index is 0.833. The first-order valence-corrected chi connectivity index (χ1v) is 4.98. The van der Waals surface area contributed by atoms with Crippen molar-refractivity contribution in [3.8, 4) is 5.75 Å². The Morgan fingerprint density at radius 1 is 1.31 bits per heavy atom. The van der Waals surface area contributed by atoms with Crippen LogP contribution in [0.2, 0.25) is 0 Å². The lowest BCUT2D eigenvalue weighted by Crippen LogP contribution is -1.89. The third-order valence-corrected chi connectivity index (χ3v) is 3.01. The summed E-state index contributed by atoms with van der Waals surface area (Å²) >= 11 is 2.27. The molecule has 0 saturated heterocycles. The SMILES string of the molecule is COc1cnc2ccccc2c1I. The maximum Gasteiger partial charge on any atom is 0.151 e. The molecule has 1 aromatic carbocycles. The highest BCUT2D eigenvalue weighted by Crippen LogP contribution is 2.26. The molecule has 0 radical (unpaired) electrons. The van der Waals surface area contributed by atoms with E-state index in [9.17, 15) is 0 Å². The van der Waals surface area contributed by atoms with E-state index in [0.29, 0.717) is 0 Å². The maximum absolute atomic E-state index is 5.18. The smallest absolute Gasteiger partial charge is 0.151 e. The zero-order valence-electron chi connectivity index (χ0n) is 7.12. The van der Waals surface area contributed by atoms with Gasteiger partial charge >= 0.3 is 0 Å². The summed E-state index contributed by atoms with van der Waals surface area (Å²) in [5, 5.41) is 1.14. The monoisotopic (exact) mass is 285 g/mol. The summed E-state index contributed by atoms with van der Waals surface area (Å²) in [6.07, 6.45) is 1.75. The molecule has 0 spiro atoms. The Labute approximate surface area is 90.1 Å². The van der Waals surface area contributed by atoms with E-state index in [2.05, 4.69) is 27.6 Å². The molecule has 3 heteroatoms. The molecule has 1 aromatic heterocycles. The molecule has 0 bridgehead atoms. The predicted molar refractivity (Wildman–Crippen MR) is 61.0 cm³/mol. The van der Waals surface area contributed by atoms with Gasteiger partial charge in [-0.25, -0.2) is 0 Å². The molecule has 2 aromatic rings. The molecule has 0 saturated carbocycles. The Kier molecular flexibility index (Phi) is 2.35. The molecule has 0 atom stereocenters. The van der Waals surface area contributed by atoms with Gasteiger partial charge in [-0.05, 0) is 28.7 Å². The van der Waals surface area contributed by atoms with E-state index in [1.807, 2.05) is 24.3 Å². The lowest BCUT2D eigenvalue weighted by molar-refractivity contribution is 0.411. The van der Waals surface area contributed by atoms with E-state index in [1.54, 1.807) is 13.3 Å². The van der Waals surface area contributed by atoms with Crippen LogP contribution in [0.15, 0.2) is 30.5 Å². The van der Waals surface area contributed by atoms with Crippen molar-refractivity contribution in [2.24, 2.45) is 0 Å². The largest absolute Gasteiger partial charge is 0.494 e. The van der Waals surface area contributed by atoms with Gasteiger partial charge in [0.05, 0.1) is 22.4 Å². The molecule has 1 heterocycles. The number of fused-ring (bicyclic) bond motifs is 1. The van der Waals surface area contributed by atoms with E-state index >= 15 is 0 Å². The number of halogens is 1. The molecular formula is C10H8INO. The van der Waals surface area contributed by atoms with Gasteiger partial charge in [0, 0.05) is 5.39 Å². The van der Waals surface area contributed by atoms with Crippen LogP contribution >= 0.6 is 22.6 Å². The van der Waals surface area contributed by atoms with Gasteiger partial charge in [0.1, 0.15) is 0 Å². The number of hydrogen-bond donors (Lipinski definition) is 0. The number of para-hydroxylation sites is 1. The van der Waals surface area contributed by atoms with Gasteiger partial charge in [-0.3, -0.25) is 4.98 Å². The zero-order valence-corrected chi connectivity index (χ0v) is 9.28. The Bertz CT molecular complexity index is 442. The molecule has 2 rings (SSSR count). The van der Waals surface area contributed by atoms with Crippen molar-refractivity contribution >= 4 is 33.5 Å². The van der Waals surface area contributed by atoms with E-state index in [0.717, 1.165) is 20.2 Å². The van der Waals surface area contributed by atoms with Crippen molar-refractivity contribution in [3.05, 3.63) is 34.0 Å². The van der Waals surface area contributed by atoms with Gasteiger partial charge < -0.3 is 4.74 Å². The van der Waals surface area contributed by atoms with Crippen molar-refractivity contribution < 1.29 is 4.74 Å². The Morgan fingerprint density at radius 2 is 2.08 bits per heavy atom. The Balaban J connectivity index is 2.79. The van der Waals surface area contributed by atoms with Crippen LogP contribution in [-0.4, -0.2) is 12.1 Å². The minimum absolute atomic E-state index is 0.833. The summed E-state index contributed by atoms with van der Waals surface area (Å²) in [4.78, 5) is 4.28. The minimum Gasteiger partial charge on any atom is -0.494 e. The molecule has 0 amide bonds. The van der Waals surface area contributed by atoms with Crippen molar-refractivity contribution in [2.45, 2.75) is 0 Å². The third kappa shape index (κ3) is 1.48. The molecule has 0 aliphatic heterocycles. The molecule has 13 heavy (non-hydrogen) atoms. The van der Waals surface area contributed by atoms with Gasteiger partial charge in [-0.15, -0.1) is 0 Å². The molecule has 0 aliphatic carbocycles. The highest BCUT2D eigenvalue weighted by molar-refractivity contribution is 14.1. The summed E-state index contributed by atoms with van der Waals surface area (Å²) in [5.41, 5.74) is 1.01. The summed E-state index contributed by atoms with van der Waals surface area (Å²) in [6.45, 7) is 0. The number of benzene rings is 1. The summed E-state index contributed by atoms with van der Waals surface area (Å²) in [5.74, 6) is 0.833. The second kappa shape index (κ2) is 3.49. The summed E-state index contributed by atoms with van der Waals surface area (Å²) in [7, 11) is 1.66. The van der Waals surface area contributed by atoms with E-state index < -0.39 is 0 Å². The van der Waals surface area contributed by atoms with Crippen LogP contribution in [-0.2, 0) is 0 Å². The van der Waals surface area contributed by atoms with Crippen LogP contribution in [0.5, 0.6) is 5.75 Å². The van der Waals surface area contributed by atoms with Crippen molar-refractivity contribution in [1.82, 2.24) is 4.98 Å². The zero-order chi connectivity index (χ0) is 9.26. The first kappa shape index (κ1) is 8.74. The fraction of sp³-hybridized carbons (Fsp3) is 0.100. The van der Waals surface area contributed by atoms with Crippen LogP contribution in [0.3, 0.4) is 0 Å². The Hall–Kier alpha value is -0.840. The quantitative estimate of drug-likeness (QED) is 0.752. The maximum atomic E-state index is 5.18. The third-order valence-electron chi connectivity index (χ3n) is 1.90. The Morgan fingerprint density at radius 3 is 2.85 bits per heavy atom. The lowest BCUT2D eigenvalue weighted by Gasteiger charge is -2.04. The number of methoxy groups -OCH3 is 1. The topological polar surface area (TPSA) is 22.1 Å². The summed E-state index contributed by atoms with van der Waals surface area (Å²) in [6, 6.07) is 8.03. The number of rotatable bonds is 1. The molecule has 0 fully saturated rings. The lowest BCUT2D eigenvalue weighted by atomic mass is 10.2. The molecule has 0 N–H and O–H groups in total. The van der Waals surface area contributed by atoms with Crippen LogP contribution in [0.1, 0.15) is 0 Å². The average Bonchev–Trinajstić information content (AvgIpc) is 2.19. The molecule has 0 unspecified atom stereocenters. The van der Waals surface area contributed by atoms with Gasteiger partial charge in [0.15, 0.2) is 5.75 Å². The van der Waals surface area contributed by atoms with Crippen molar-refractivity contribution in [1.29, 1.82) is 0 Å². The first-order chi connectivity index (χ1) is 6.33. The van der Waals surface area contributed by atoms with Gasteiger partial charge in [-0.2, -0.15) is 0 Å². The number of nitrogens with zero attached hydrogens (tertiary/aromatic N) is 1. The molecular weight excluding hydrogens is 277 g/mol. The highest BCUT2D eigenvalue weighted by atomic mass is 127. The van der Waals surface area contributed by atoms with Crippen LogP contribution in [0.25, 0.3) is 10.9 Å². The van der Waals surface area contributed by atoms with E-state index in [-0.39, 0.29) is 0 Å². The number of ether oxygens (including phenoxy) is 1. The van der Waals surface area contributed by atoms with Gasteiger partial charge in [-0.1, -0.05) is 18.2 Å². The fourth-order valence-corrected chi connectivity index (χ4v) is 2.05. The number of aromatic nitrogens is 1. The normalized spacial score (nSPS) is 10.3. The number of hydrogen-bond acceptors (Lipinski definition) is 2. The van der Waals surface area contributed by atoms with Crippen LogP contribution in [0.4, 0.5) is 0 Å². The van der Waals surface area contributed by atoms with Crippen molar-refractivity contribution in [2.75, 3.05) is 7.11 Å². The summed E-state index contributed by atoms with van der Waals surface area (Å²) < 4.78 is 6.30.